The van der Waals surface area contributed by atoms with Crippen LogP contribution in [0.2, 0.25) is 6.32 Å². The highest BCUT2D eigenvalue weighted by Crippen LogP contribution is 2.29. The van der Waals surface area contributed by atoms with Gasteiger partial charge < -0.3 is 15.2 Å². The second kappa shape index (κ2) is 7.59. The number of hydrogen-bond donors (Lipinski definition) is 3. The summed E-state index contributed by atoms with van der Waals surface area (Å²) in [6.07, 6.45) is 1.67. The molecule has 3 N–H and O–H groups in total. The normalized spacial score (nSPS) is 22.4. The highest BCUT2D eigenvalue weighted by molar-refractivity contribution is 6.40. The smallest absolute Gasteiger partial charge is 0.451 e. The standard InChI is InChI=1S/C15H22BNO4/c18-15(19)14-11-17(9-12-5-2-1-3-6-12)10-13(14)7-4-8-16(20)21/h1-3,5-6,13-14,20-21H,4,7-11H2,(H,18,19). The van der Waals surface area contributed by atoms with Crippen LogP contribution in [-0.2, 0) is 11.3 Å². The van der Waals surface area contributed by atoms with Gasteiger partial charge >= 0.3 is 13.1 Å². The van der Waals surface area contributed by atoms with Crippen LogP contribution in [0, 0.1) is 11.8 Å². The van der Waals surface area contributed by atoms with Gasteiger partial charge in [-0.1, -0.05) is 36.8 Å². The second-order valence-electron chi connectivity index (χ2n) is 5.80. The first-order valence-electron chi connectivity index (χ1n) is 7.41. The number of likely N-dealkylation sites (tertiary alicyclic amines) is 1. The zero-order chi connectivity index (χ0) is 15.2. The molecule has 0 aliphatic carbocycles. The summed E-state index contributed by atoms with van der Waals surface area (Å²) in [7, 11) is -1.30. The minimum Gasteiger partial charge on any atom is -0.481 e. The molecular weight excluding hydrogens is 269 g/mol. The van der Waals surface area contributed by atoms with E-state index >= 15 is 0 Å². The monoisotopic (exact) mass is 291 g/mol. The molecular formula is C15H22BNO4. The van der Waals surface area contributed by atoms with Crippen LogP contribution in [0.25, 0.3) is 0 Å². The number of carboxylic acid groups (broad SMARTS) is 1. The molecule has 0 spiro atoms. The molecule has 1 fully saturated rings. The molecule has 2 rings (SSSR count). The van der Waals surface area contributed by atoms with Crippen LogP contribution in [0.15, 0.2) is 30.3 Å². The summed E-state index contributed by atoms with van der Waals surface area (Å²) < 4.78 is 0. The predicted octanol–water partition coefficient (Wildman–Crippen LogP) is 1.07. The highest BCUT2D eigenvalue weighted by atomic mass is 16.4. The van der Waals surface area contributed by atoms with Crippen molar-refractivity contribution < 1.29 is 19.9 Å². The van der Waals surface area contributed by atoms with Gasteiger partial charge in [0.05, 0.1) is 5.92 Å². The van der Waals surface area contributed by atoms with E-state index in [2.05, 4.69) is 4.90 Å². The maximum atomic E-state index is 11.4. The number of aliphatic carboxylic acids is 1. The fourth-order valence-corrected chi connectivity index (χ4v) is 3.07. The third kappa shape index (κ3) is 4.84. The van der Waals surface area contributed by atoms with Crippen LogP contribution >= 0.6 is 0 Å². The Kier molecular flexibility index (Phi) is 5.79. The predicted molar refractivity (Wildman–Crippen MR) is 80.6 cm³/mol. The van der Waals surface area contributed by atoms with Crippen LogP contribution in [0.3, 0.4) is 0 Å². The molecule has 0 radical (unpaired) electrons. The molecule has 1 aliphatic rings. The number of benzene rings is 1. The molecule has 0 saturated carbocycles. The Morgan fingerprint density at radius 2 is 1.95 bits per heavy atom. The topological polar surface area (TPSA) is 81.0 Å². The van der Waals surface area contributed by atoms with Gasteiger partial charge in [0.1, 0.15) is 0 Å². The van der Waals surface area contributed by atoms with Gasteiger partial charge in [-0.25, -0.2) is 0 Å². The number of carboxylic acids is 1. The highest BCUT2D eigenvalue weighted by Gasteiger charge is 2.37. The number of rotatable bonds is 7. The van der Waals surface area contributed by atoms with E-state index in [9.17, 15) is 9.90 Å². The van der Waals surface area contributed by atoms with Gasteiger partial charge in [0.15, 0.2) is 0 Å². The Morgan fingerprint density at radius 1 is 1.24 bits per heavy atom. The Hall–Kier alpha value is -1.37. The van der Waals surface area contributed by atoms with Crippen molar-refractivity contribution >= 4 is 13.1 Å². The molecule has 0 aromatic heterocycles. The number of hydrogen-bond acceptors (Lipinski definition) is 4. The van der Waals surface area contributed by atoms with E-state index in [0.717, 1.165) is 19.5 Å². The molecule has 0 amide bonds. The lowest BCUT2D eigenvalue weighted by Gasteiger charge is -2.15. The quantitative estimate of drug-likeness (QED) is 0.655. The fraction of sp³-hybridized carbons (Fsp3) is 0.533. The summed E-state index contributed by atoms with van der Waals surface area (Å²) in [4.78, 5) is 13.6. The van der Waals surface area contributed by atoms with Gasteiger partial charge in [-0.3, -0.25) is 9.69 Å². The average molecular weight is 291 g/mol. The molecule has 1 aromatic carbocycles. The van der Waals surface area contributed by atoms with Crippen LogP contribution < -0.4 is 0 Å². The van der Waals surface area contributed by atoms with E-state index in [-0.39, 0.29) is 11.8 Å². The lowest BCUT2D eigenvalue weighted by atomic mass is 9.80. The van der Waals surface area contributed by atoms with Crippen molar-refractivity contribution in [2.24, 2.45) is 11.8 Å². The zero-order valence-electron chi connectivity index (χ0n) is 12.1. The third-order valence-corrected chi connectivity index (χ3v) is 4.12. The van der Waals surface area contributed by atoms with Crippen molar-refractivity contribution in [3.05, 3.63) is 35.9 Å². The maximum absolute atomic E-state index is 11.4. The summed E-state index contributed by atoms with van der Waals surface area (Å²) >= 11 is 0. The maximum Gasteiger partial charge on any atom is 0.451 e. The van der Waals surface area contributed by atoms with Crippen molar-refractivity contribution in [2.45, 2.75) is 25.7 Å². The molecule has 1 heterocycles. The van der Waals surface area contributed by atoms with Crippen molar-refractivity contribution in [2.75, 3.05) is 13.1 Å². The van der Waals surface area contributed by atoms with Gasteiger partial charge in [0, 0.05) is 19.6 Å². The van der Waals surface area contributed by atoms with Gasteiger partial charge in [-0.05, 0) is 24.2 Å². The Bertz CT molecular complexity index is 454. The molecule has 2 unspecified atom stereocenters. The van der Waals surface area contributed by atoms with E-state index in [4.69, 9.17) is 10.0 Å². The van der Waals surface area contributed by atoms with Crippen LogP contribution in [0.1, 0.15) is 18.4 Å². The van der Waals surface area contributed by atoms with Gasteiger partial charge in [-0.2, -0.15) is 0 Å². The van der Waals surface area contributed by atoms with E-state index in [1.165, 1.54) is 5.56 Å². The number of carbonyl (C=O) groups is 1. The molecule has 5 nitrogen and oxygen atoms in total. The summed E-state index contributed by atoms with van der Waals surface area (Å²) in [5.74, 6) is -1.02. The Morgan fingerprint density at radius 3 is 2.57 bits per heavy atom. The Balaban J connectivity index is 1.90. The van der Waals surface area contributed by atoms with Gasteiger partial charge in [0.25, 0.3) is 0 Å². The zero-order valence-corrected chi connectivity index (χ0v) is 12.1. The first-order valence-corrected chi connectivity index (χ1v) is 7.41. The summed E-state index contributed by atoms with van der Waals surface area (Å²) in [5, 5.41) is 27.1. The molecule has 1 saturated heterocycles. The van der Waals surface area contributed by atoms with Crippen molar-refractivity contribution in [3.8, 4) is 0 Å². The molecule has 1 aromatic rings. The van der Waals surface area contributed by atoms with E-state index in [1.807, 2.05) is 30.3 Å². The molecule has 114 valence electrons. The first-order chi connectivity index (χ1) is 10.1. The largest absolute Gasteiger partial charge is 0.481 e. The van der Waals surface area contributed by atoms with Gasteiger partial charge in [-0.15, -0.1) is 0 Å². The number of nitrogens with zero attached hydrogens (tertiary/aromatic N) is 1. The summed E-state index contributed by atoms with van der Waals surface area (Å²) in [5.41, 5.74) is 1.19. The summed E-state index contributed by atoms with van der Waals surface area (Å²) in [6.45, 7) is 2.09. The lowest BCUT2D eigenvalue weighted by Crippen LogP contribution is -2.23. The molecule has 2 atom stereocenters. The van der Waals surface area contributed by atoms with Crippen molar-refractivity contribution in [1.29, 1.82) is 0 Å². The fourth-order valence-electron chi connectivity index (χ4n) is 3.07. The minimum atomic E-state index is -1.30. The molecule has 1 aliphatic heterocycles. The van der Waals surface area contributed by atoms with Crippen LogP contribution in [0.4, 0.5) is 0 Å². The van der Waals surface area contributed by atoms with E-state index in [1.54, 1.807) is 0 Å². The summed E-state index contributed by atoms with van der Waals surface area (Å²) in [6, 6.07) is 10.0. The lowest BCUT2D eigenvalue weighted by molar-refractivity contribution is -0.142. The minimum absolute atomic E-state index is 0.0879. The SMILES string of the molecule is O=C(O)C1CN(Cc2ccccc2)CC1CCCB(O)O. The van der Waals surface area contributed by atoms with E-state index < -0.39 is 13.1 Å². The van der Waals surface area contributed by atoms with Crippen LogP contribution in [-0.4, -0.2) is 46.2 Å². The second-order valence-corrected chi connectivity index (χ2v) is 5.80. The molecule has 6 heteroatoms. The van der Waals surface area contributed by atoms with E-state index in [0.29, 0.717) is 19.3 Å². The average Bonchev–Trinajstić information content (AvgIpc) is 2.82. The van der Waals surface area contributed by atoms with Crippen molar-refractivity contribution in [1.82, 2.24) is 4.90 Å². The molecule has 0 bridgehead atoms. The Labute approximate surface area is 125 Å². The third-order valence-electron chi connectivity index (χ3n) is 4.12. The van der Waals surface area contributed by atoms with Crippen molar-refractivity contribution in [3.63, 3.8) is 0 Å². The van der Waals surface area contributed by atoms with Gasteiger partial charge in [0.2, 0.25) is 0 Å². The first kappa shape index (κ1) is 16.0. The van der Waals surface area contributed by atoms with Crippen LogP contribution in [0.5, 0.6) is 0 Å². The molecule has 21 heavy (non-hydrogen) atoms.